The van der Waals surface area contributed by atoms with Crippen LogP contribution in [0.3, 0.4) is 0 Å². The first kappa shape index (κ1) is 28.3. The van der Waals surface area contributed by atoms with Crippen molar-refractivity contribution in [3.05, 3.63) is 83.4 Å². The maximum atomic E-state index is 11.4. The summed E-state index contributed by atoms with van der Waals surface area (Å²) in [6.45, 7) is 0.438. The standard InChI is InChI=1S/C32H38O7/c1-34-26-11-7-10-24(18-26)32-23(9-6-8-21-12-14-27(35-2)29(16-21)37-4)17-25(20-39-32)31(33)22-13-15-28(36-3)30(19-22)38-5/h6-8,10-16,18-19,23,25,31-33H,9,17,20H2,1-5H3/b8-6+/t23-,25+,31-,32-/m0/s1. The Labute approximate surface area is 230 Å². The summed E-state index contributed by atoms with van der Waals surface area (Å²) in [4.78, 5) is 0. The third-order valence-electron chi connectivity index (χ3n) is 7.30. The van der Waals surface area contributed by atoms with Gasteiger partial charge in [0.2, 0.25) is 0 Å². The Morgan fingerprint density at radius 3 is 2.21 bits per heavy atom. The summed E-state index contributed by atoms with van der Waals surface area (Å²) < 4.78 is 33.5. The third-order valence-corrected chi connectivity index (χ3v) is 7.30. The minimum absolute atomic E-state index is 0.0792. The van der Waals surface area contributed by atoms with Crippen LogP contribution in [0.4, 0.5) is 0 Å². The van der Waals surface area contributed by atoms with Crippen molar-refractivity contribution in [2.75, 3.05) is 42.2 Å². The highest BCUT2D eigenvalue weighted by Gasteiger charge is 2.36. The van der Waals surface area contributed by atoms with Gasteiger partial charge in [-0.15, -0.1) is 0 Å². The third kappa shape index (κ3) is 6.67. The fourth-order valence-electron chi connectivity index (χ4n) is 5.21. The number of hydrogen-bond acceptors (Lipinski definition) is 7. The molecule has 39 heavy (non-hydrogen) atoms. The quantitative estimate of drug-likeness (QED) is 0.311. The highest BCUT2D eigenvalue weighted by atomic mass is 16.5. The van der Waals surface area contributed by atoms with Crippen molar-refractivity contribution in [2.24, 2.45) is 11.8 Å². The molecule has 0 aliphatic carbocycles. The molecule has 1 aliphatic heterocycles. The molecule has 208 valence electrons. The normalized spacial score (nSPS) is 19.9. The molecule has 1 fully saturated rings. The van der Waals surface area contributed by atoms with E-state index >= 15 is 0 Å². The molecular formula is C32H38O7. The first-order valence-corrected chi connectivity index (χ1v) is 13.0. The zero-order valence-electron chi connectivity index (χ0n) is 23.3. The van der Waals surface area contributed by atoms with Gasteiger partial charge in [0.15, 0.2) is 23.0 Å². The summed E-state index contributed by atoms with van der Waals surface area (Å²) in [5.41, 5.74) is 2.86. The first-order chi connectivity index (χ1) is 19.0. The summed E-state index contributed by atoms with van der Waals surface area (Å²) in [7, 11) is 8.12. The summed E-state index contributed by atoms with van der Waals surface area (Å²) in [6, 6.07) is 19.4. The summed E-state index contributed by atoms with van der Waals surface area (Å²) in [6.07, 6.45) is 4.98. The molecule has 1 N–H and O–H groups in total. The molecule has 4 atom stereocenters. The van der Waals surface area contributed by atoms with Gasteiger partial charge in [0.1, 0.15) is 5.75 Å². The van der Waals surface area contributed by atoms with Gasteiger partial charge >= 0.3 is 0 Å². The van der Waals surface area contributed by atoms with E-state index in [4.69, 9.17) is 28.4 Å². The molecule has 7 nitrogen and oxygen atoms in total. The lowest BCUT2D eigenvalue weighted by Gasteiger charge is -2.38. The molecule has 0 radical (unpaired) electrons. The number of benzene rings is 3. The van der Waals surface area contributed by atoms with E-state index in [9.17, 15) is 5.11 Å². The van der Waals surface area contributed by atoms with Crippen molar-refractivity contribution in [1.82, 2.24) is 0 Å². The van der Waals surface area contributed by atoms with Crippen molar-refractivity contribution < 1.29 is 33.5 Å². The maximum Gasteiger partial charge on any atom is 0.161 e. The number of aliphatic hydroxyl groups excluding tert-OH is 1. The Bertz CT molecular complexity index is 1260. The molecule has 0 aromatic heterocycles. The summed E-state index contributed by atoms with van der Waals surface area (Å²) in [5.74, 6) is 3.46. The van der Waals surface area contributed by atoms with Gasteiger partial charge in [-0.3, -0.25) is 0 Å². The average Bonchev–Trinajstić information content (AvgIpc) is 3.00. The van der Waals surface area contributed by atoms with Crippen molar-refractivity contribution >= 4 is 6.08 Å². The van der Waals surface area contributed by atoms with E-state index in [0.29, 0.717) is 29.6 Å². The van der Waals surface area contributed by atoms with E-state index in [0.717, 1.165) is 35.3 Å². The van der Waals surface area contributed by atoms with Gasteiger partial charge in [0, 0.05) is 5.92 Å². The number of hydrogen-bond donors (Lipinski definition) is 1. The van der Waals surface area contributed by atoms with E-state index in [2.05, 4.69) is 18.2 Å². The van der Waals surface area contributed by atoms with Crippen molar-refractivity contribution in [3.63, 3.8) is 0 Å². The van der Waals surface area contributed by atoms with E-state index in [1.807, 2.05) is 54.6 Å². The molecule has 7 heteroatoms. The highest BCUT2D eigenvalue weighted by Crippen LogP contribution is 2.44. The molecular weight excluding hydrogens is 496 g/mol. The van der Waals surface area contributed by atoms with Crippen molar-refractivity contribution in [2.45, 2.75) is 25.0 Å². The maximum absolute atomic E-state index is 11.4. The lowest BCUT2D eigenvalue weighted by Crippen LogP contribution is -2.32. The molecule has 1 heterocycles. The number of rotatable bonds is 11. The topological polar surface area (TPSA) is 75.6 Å². The largest absolute Gasteiger partial charge is 0.497 e. The van der Waals surface area contributed by atoms with Gasteiger partial charge in [0.05, 0.1) is 54.4 Å². The molecule has 1 saturated heterocycles. The van der Waals surface area contributed by atoms with Gasteiger partial charge in [-0.2, -0.15) is 0 Å². The Kier molecular flexibility index (Phi) is 9.74. The van der Waals surface area contributed by atoms with E-state index < -0.39 is 6.10 Å². The lowest BCUT2D eigenvalue weighted by molar-refractivity contribution is -0.0901. The van der Waals surface area contributed by atoms with E-state index in [1.54, 1.807) is 35.5 Å². The van der Waals surface area contributed by atoms with E-state index in [1.165, 1.54) is 0 Å². The number of methoxy groups -OCH3 is 5. The van der Waals surface area contributed by atoms with Crippen LogP contribution in [0.15, 0.2) is 66.7 Å². The molecule has 0 bridgehead atoms. The predicted octanol–water partition coefficient (Wildman–Crippen LogP) is 6.26. The Morgan fingerprint density at radius 1 is 0.821 bits per heavy atom. The van der Waals surface area contributed by atoms with E-state index in [-0.39, 0.29) is 17.9 Å². The molecule has 0 saturated carbocycles. The van der Waals surface area contributed by atoms with Crippen LogP contribution >= 0.6 is 0 Å². The van der Waals surface area contributed by atoms with Crippen LogP contribution in [0.25, 0.3) is 6.08 Å². The second-order valence-corrected chi connectivity index (χ2v) is 9.60. The van der Waals surface area contributed by atoms with Crippen molar-refractivity contribution in [1.29, 1.82) is 0 Å². The van der Waals surface area contributed by atoms with Crippen LogP contribution in [0.1, 0.15) is 41.7 Å². The Morgan fingerprint density at radius 2 is 1.51 bits per heavy atom. The Hall–Kier alpha value is -3.68. The first-order valence-electron chi connectivity index (χ1n) is 13.0. The van der Waals surface area contributed by atoms with Gasteiger partial charge in [-0.05, 0) is 71.8 Å². The monoisotopic (exact) mass is 534 g/mol. The van der Waals surface area contributed by atoms with Crippen molar-refractivity contribution in [3.8, 4) is 28.7 Å². The molecule has 0 unspecified atom stereocenters. The zero-order chi connectivity index (χ0) is 27.8. The average molecular weight is 535 g/mol. The molecule has 0 amide bonds. The predicted molar refractivity (Wildman–Crippen MR) is 151 cm³/mol. The van der Waals surface area contributed by atoms with Gasteiger partial charge in [-0.25, -0.2) is 0 Å². The van der Waals surface area contributed by atoms with Gasteiger partial charge in [0.25, 0.3) is 0 Å². The smallest absolute Gasteiger partial charge is 0.161 e. The second kappa shape index (κ2) is 13.4. The minimum Gasteiger partial charge on any atom is -0.497 e. The van der Waals surface area contributed by atoms with Crippen LogP contribution in [0.2, 0.25) is 0 Å². The van der Waals surface area contributed by atoms with Gasteiger partial charge in [-0.1, -0.05) is 36.4 Å². The van der Waals surface area contributed by atoms with Crippen LogP contribution in [-0.2, 0) is 4.74 Å². The fourth-order valence-corrected chi connectivity index (χ4v) is 5.21. The molecule has 0 spiro atoms. The highest BCUT2D eigenvalue weighted by molar-refractivity contribution is 5.56. The van der Waals surface area contributed by atoms with Crippen LogP contribution in [-0.4, -0.2) is 47.3 Å². The number of aliphatic hydroxyl groups is 1. The SMILES string of the molecule is COc1cccc([C@H]2OC[C@H]([C@@H](O)c3ccc(OC)c(OC)c3)C[C@@H]2C/C=C/c2ccc(OC)c(OC)c2)c1. The minimum atomic E-state index is -0.701. The zero-order valence-corrected chi connectivity index (χ0v) is 23.3. The summed E-state index contributed by atoms with van der Waals surface area (Å²) in [5, 5.41) is 11.4. The number of ether oxygens (including phenoxy) is 6. The second-order valence-electron chi connectivity index (χ2n) is 9.60. The molecule has 3 aromatic rings. The van der Waals surface area contributed by atoms with Crippen LogP contribution < -0.4 is 23.7 Å². The molecule has 4 rings (SSSR count). The van der Waals surface area contributed by atoms with Crippen LogP contribution in [0, 0.1) is 11.8 Å². The van der Waals surface area contributed by atoms with Gasteiger partial charge < -0.3 is 33.5 Å². The number of allylic oxidation sites excluding steroid dienone is 1. The summed E-state index contributed by atoms with van der Waals surface area (Å²) >= 11 is 0. The molecule has 1 aliphatic rings. The molecule has 3 aromatic carbocycles. The Balaban J connectivity index is 1.56. The fraction of sp³-hybridized carbons (Fsp3) is 0.375. The van der Waals surface area contributed by atoms with Crippen LogP contribution in [0.5, 0.6) is 28.7 Å². The lowest BCUT2D eigenvalue weighted by atomic mass is 9.79.